The van der Waals surface area contributed by atoms with Crippen molar-refractivity contribution < 1.29 is 9.66 Å². The minimum absolute atomic E-state index is 0.0154. The third-order valence-corrected chi connectivity index (χ3v) is 2.86. The van der Waals surface area contributed by atoms with Gasteiger partial charge in [0.15, 0.2) is 0 Å². The van der Waals surface area contributed by atoms with Crippen molar-refractivity contribution in [1.82, 2.24) is 9.97 Å². The molecular formula is C10H6BrClN4O3. The van der Waals surface area contributed by atoms with Gasteiger partial charge in [-0.1, -0.05) is 17.7 Å². The number of para-hydroxylation sites is 1. The fourth-order valence-corrected chi connectivity index (χ4v) is 1.93. The molecule has 0 aliphatic rings. The third kappa shape index (κ3) is 3.09. The highest BCUT2D eigenvalue weighted by Crippen LogP contribution is 2.37. The molecule has 98 valence electrons. The highest BCUT2D eigenvalue weighted by molar-refractivity contribution is 9.10. The number of nitrogen functional groups attached to an aromatic ring is 1. The molecule has 0 unspecified atom stereocenters. The first-order valence-electron chi connectivity index (χ1n) is 4.88. The number of aromatic nitrogens is 2. The molecule has 0 saturated carbocycles. The van der Waals surface area contributed by atoms with Crippen LogP contribution < -0.4 is 10.5 Å². The topological polar surface area (TPSA) is 104 Å². The maximum Gasteiger partial charge on any atom is 0.312 e. The van der Waals surface area contributed by atoms with Crippen LogP contribution in [0.5, 0.6) is 11.6 Å². The summed E-state index contributed by atoms with van der Waals surface area (Å²) in [7, 11) is 0. The molecule has 0 radical (unpaired) electrons. The first kappa shape index (κ1) is 13.5. The average Bonchev–Trinajstić information content (AvgIpc) is 2.30. The summed E-state index contributed by atoms with van der Waals surface area (Å²) in [6.07, 6.45) is 0. The monoisotopic (exact) mass is 344 g/mol. The minimum atomic E-state index is -0.563. The van der Waals surface area contributed by atoms with E-state index in [-0.39, 0.29) is 28.4 Å². The Hall–Kier alpha value is -1.93. The van der Waals surface area contributed by atoms with Crippen molar-refractivity contribution in [2.45, 2.75) is 0 Å². The lowest BCUT2D eigenvalue weighted by molar-refractivity contribution is -0.385. The van der Waals surface area contributed by atoms with Crippen molar-refractivity contribution in [3.8, 4) is 11.6 Å². The molecule has 0 spiro atoms. The van der Waals surface area contributed by atoms with Crippen LogP contribution in [-0.4, -0.2) is 14.9 Å². The van der Waals surface area contributed by atoms with Gasteiger partial charge in [-0.2, -0.15) is 4.98 Å². The third-order valence-electron chi connectivity index (χ3n) is 2.04. The Labute approximate surface area is 120 Å². The zero-order chi connectivity index (χ0) is 14.0. The van der Waals surface area contributed by atoms with Gasteiger partial charge < -0.3 is 10.5 Å². The Morgan fingerprint density at radius 1 is 1.42 bits per heavy atom. The molecule has 19 heavy (non-hydrogen) atoms. The first-order valence-corrected chi connectivity index (χ1v) is 6.05. The van der Waals surface area contributed by atoms with Crippen molar-refractivity contribution in [2.75, 3.05) is 5.73 Å². The van der Waals surface area contributed by atoms with Gasteiger partial charge in [-0.3, -0.25) is 10.1 Å². The van der Waals surface area contributed by atoms with Gasteiger partial charge >= 0.3 is 5.69 Å². The van der Waals surface area contributed by atoms with E-state index in [2.05, 4.69) is 25.9 Å². The smallest absolute Gasteiger partial charge is 0.312 e. The van der Waals surface area contributed by atoms with Gasteiger partial charge in [-0.25, -0.2) is 4.98 Å². The summed E-state index contributed by atoms with van der Waals surface area (Å²) >= 11 is 8.87. The number of anilines is 1. The summed E-state index contributed by atoms with van der Waals surface area (Å²) < 4.78 is 5.77. The van der Waals surface area contributed by atoms with E-state index in [1.807, 2.05) is 0 Å². The zero-order valence-corrected chi connectivity index (χ0v) is 11.6. The fourth-order valence-electron chi connectivity index (χ4n) is 1.31. The number of nitrogens with two attached hydrogens (primary N) is 1. The van der Waals surface area contributed by atoms with Gasteiger partial charge in [0.2, 0.25) is 17.6 Å². The lowest BCUT2D eigenvalue weighted by Crippen LogP contribution is -1.99. The van der Waals surface area contributed by atoms with E-state index in [0.717, 1.165) is 0 Å². The van der Waals surface area contributed by atoms with E-state index in [4.69, 9.17) is 22.1 Å². The number of halogens is 2. The molecule has 0 bridgehead atoms. The molecule has 2 N–H and O–H groups in total. The normalized spacial score (nSPS) is 10.2. The molecule has 2 rings (SSSR count). The van der Waals surface area contributed by atoms with Crippen LogP contribution in [0, 0.1) is 10.1 Å². The summed E-state index contributed by atoms with van der Waals surface area (Å²) in [6, 6.07) is 5.75. The minimum Gasteiger partial charge on any atom is -0.430 e. The SMILES string of the molecule is Nc1nc(Cl)cc(Oc2c(Br)cccc2[N+](=O)[O-])n1. The van der Waals surface area contributed by atoms with Crippen LogP contribution in [-0.2, 0) is 0 Å². The number of nitrogens with zero attached hydrogens (tertiary/aromatic N) is 3. The molecule has 2 aromatic rings. The van der Waals surface area contributed by atoms with E-state index >= 15 is 0 Å². The van der Waals surface area contributed by atoms with E-state index in [1.165, 1.54) is 18.2 Å². The number of nitro benzene ring substituents is 1. The second-order valence-electron chi connectivity index (χ2n) is 3.33. The highest BCUT2D eigenvalue weighted by Gasteiger charge is 2.19. The van der Waals surface area contributed by atoms with Crippen molar-refractivity contribution in [3.63, 3.8) is 0 Å². The van der Waals surface area contributed by atoms with Crippen LogP contribution in [0.4, 0.5) is 11.6 Å². The molecule has 7 nitrogen and oxygen atoms in total. The number of nitro groups is 1. The zero-order valence-electron chi connectivity index (χ0n) is 9.21. The van der Waals surface area contributed by atoms with Gasteiger partial charge in [0.25, 0.3) is 0 Å². The molecule has 0 atom stereocenters. The Kier molecular flexibility index (Phi) is 3.82. The number of rotatable bonds is 3. The van der Waals surface area contributed by atoms with Gasteiger partial charge in [0, 0.05) is 12.1 Å². The molecule has 1 heterocycles. The standard InChI is InChI=1S/C10H6BrClN4O3/c11-5-2-1-3-6(16(17)18)9(5)19-8-4-7(12)14-10(13)15-8/h1-4H,(H2,13,14,15). The molecule has 0 aliphatic heterocycles. The van der Waals surface area contributed by atoms with Crippen LogP contribution >= 0.6 is 27.5 Å². The Bertz CT molecular complexity index is 632. The van der Waals surface area contributed by atoms with Gasteiger partial charge in [0.1, 0.15) is 5.15 Å². The molecule has 1 aromatic carbocycles. The second kappa shape index (κ2) is 5.37. The summed E-state index contributed by atoms with van der Waals surface area (Å²) in [5.41, 5.74) is 5.21. The van der Waals surface area contributed by atoms with Crippen molar-refractivity contribution in [1.29, 1.82) is 0 Å². The molecule has 0 saturated heterocycles. The van der Waals surface area contributed by atoms with E-state index in [9.17, 15) is 10.1 Å². The maximum absolute atomic E-state index is 10.9. The lowest BCUT2D eigenvalue weighted by atomic mass is 10.3. The Balaban J connectivity index is 2.45. The predicted octanol–water partition coefficient (Wildman–Crippen LogP) is 3.18. The highest BCUT2D eigenvalue weighted by atomic mass is 79.9. The van der Waals surface area contributed by atoms with E-state index in [0.29, 0.717) is 4.47 Å². The lowest BCUT2D eigenvalue weighted by Gasteiger charge is -2.07. The fraction of sp³-hybridized carbons (Fsp3) is 0. The molecule has 1 aromatic heterocycles. The molecule has 0 fully saturated rings. The average molecular weight is 346 g/mol. The number of ether oxygens (including phenoxy) is 1. The number of benzene rings is 1. The van der Waals surface area contributed by atoms with Crippen molar-refractivity contribution >= 4 is 39.2 Å². The van der Waals surface area contributed by atoms with Crippen LogP contribution in [0.3, 0.4) is 0 Å². The summed E-state index contributed by atoms with van der Waals surface area (Å²) in [5.74, 6) is -0.0497. The quantitative estimate of drug-likeness (QED) is 0.520. The summed E-state index contributed by atoms with van der Waals surface area (Å²) in [4.78, 5) is 17.8. The Morgan fingerprint density at radius 2 is 2.16 bits per heavy atom. The largest absolute Gasteiger partial charge is 0.430 e. The van der Waals surface area contributed by atoms with Crippen LogP contribution in [0.2, 0.25) is 5.15 Å². The first-order chi connectivity index (χ1) is 8.97. The summed E-state index contributed by atoms with van der Waals surface area (Å²) in [6.45, 7) is 0. The summed E-state index contributed by atoms with van der Waals surface area (Å²) in [5, 5.41) is 11.0. The van der Waals surface area contributed by atoms with Crippen molar-refractivity contribution in [3.05, 3.63) is 44.0 Å². The predicted molar refractivity (Wildman–Crippen MR) is 72.3 cm³/mol. The second-order valence-corrected chi connectivity index (χ2v) is 4.58. The van der Waals surface area contributed by atoms with E-state index < -0.39 is 4.92 Å². The van der Waals surface area contributed by atoms with Crippen molar-refractivity contribution in [2.24, 2.45) is 0 Å². The van der Waals surface area contributed by atoms with Gasteiger partial charge in [0.05, 0.1) is 9.40 Å². The van der Waals surface area contributed by atoms with Crippen LogP contribution in [0.1, 0.15) is 0 Å². The van der Waals surface area contributed by atoms with Gasteiger partial charge in [-0.15, -0.1) is 0 Å². The van der Waals surface area contributed by atoms with E-state index in [1.54, 1.807) is 6.07 Å². The maximum atomic E-state index is 10.9. The molecule has 0 aliphatic carbocycles. The number of hydrogen-bond donors (Lipinski definition) is 1. The van der Waals surface area contributed by atoms with Crippen LogP contribution in [0.15, 0.2) is 28.7 Å². The molecule has 0 amide bonds. The number of hydrogen-bond acceptors (Lipinski definition) is 6. The molecule has 9 heteroatoms. The molecular weight excluding hydrogens is 339 g/mol. The Morgan fingerprint density at radius 3 is 2.79 bits per heavy atom. The van der Waals surface area contributed by atoms with Gasteiger partial charge in [-0.05, 0) is 22.0 Å². The van der Waals surface area contributed by atoms with Crippen LogP contribution in [0.25, 0.3) is 0 Å².